The van der Waals surface area contributed by atoms with Gasteiger partial charge >= 0.3 is 0 Å². The molecule has 0 aromatic heterocycles. The topological polar surface area (TPSA) is 23.5 Å². The van der Waals surface area contributed by atoms with Crippen molar-refractivity contribution < 1.29 is 5.11 Å². The lowest BCUT2D eigenvalue weighted by Gasteiger charge is -2.39. The van der Waals surface area contributed by atoms with Gasteiger partial charge in [-0.05, 0) is 60.2 Å². The number of aryl methyl sites for hydroxylation is 1. The minimum atomic E-state index is 0.206. The molecule has 1 heterocycles. The van der Waals surface area contributed by atoms with Crippen LogP contribution in [0.15, 0.2) is 36.4 Å². The van der Waals surface area contributed by atoms with Crippen molar-refractivity contribution in [3.63, 3.8) is 0 Å². The second-order valence-electron chi connectivity index (χ2n) is 6.66. The molecule has 2 nitrogen and oxygen atoms in total. The number of aromatic hydroxyl groups is 1. The molecule has 0 fully saturated rings. The third-order valence-corrected chi connectivity index (χ3v) is 5.87. The standard InChI is InChI=1S/C20H22ClNO/c1-2-22-10-9-14-11-17(21)19(23)12-16(14)20-15-6-4-3-5-13(15)7-8-18(20)22/h3-6,11-12,18,20,23H,2,7-10H2,1H3/t18-,20+/m0/s1. The Balaban J connectivity index is 1.93. The molecule has 0 saturated carbocycles. The van der Waals surface area contributed by atoms with Crippen LogP contribution in [0.3, 0.4) is 0 Å². The lowest BCUT2D eigenvalue weighted by Crippen LogP contribution is -2.42. The van der Waals surface area contributed by atoms with Gasteiger partial charge in [-0.15, -0.1) is 0 Å². The van der Waals surface area contributed by atoms with Crippen LogP contribution in [0.5, 0.6) is 5.75 Å². The van der Waals surface area contributed by atoms with E-state index in [4.69, 9.17) is 11.6 Å². The zero-order valence-electron chi connectivity index (χ0n) is 13.4. The number of hydrogen-bond acceptors (Lipinski definition) is 2. The molecule has 120 valence electrons. The molecule has 0 unspecified atom stereocenters. The van der Waals surface area contributed by atoms with Crippen molar-refractivity contribution >= 4 is 11.6 Å². The number of likely N-dealkylation sites (N-methyl/N-ethyl adjacent to an activating group) is 1. The third kappa shape index (κ3) is 2.45. The first-order chi connectivity index (χ1) is 11.2. The molecule has 23 heavy (non-hydrogen) atoms. The van der Waals surface area contributed by atoms with E-state index in [1.165, 1.54) is 28.7 Å². The van der Waals surface area contributed by atoms with Crippen LogP contribution in [0.4, 0.5) is 0 Å². The summed E-state index contributed by atoms with van der Waals surface area (Å²) in [6, 6.07) is 13.2. The molecule has 2 aromatic rings. The van der Waals surface area contributed by atoms with E-state index in [9.17, 15) is 5.11 Å². The zero-order chi connectivity index (χ0) is 16.0. The van der Waals surface area contributed by atoms with Crippen LogP contribution in [-0.4, -0.2) is 29.1 Å². The molecule has 3 heteroatoms. The lowest BCUT2D eigenvalue weighted by molar-refractivity contribution is 0.182. The molecule has 0 saturated heterocycles. The van der Waals surface area contributed by atoms with Crippen molar-refractivity contribution in [2.75, 3.05) is 13.1 Å². The summed E-state index contributed by atoms with van der Waals surface area (Å²) < 4.78 is 0. The van der Waals surface area contributed by atoms with E-state index >= 15 is 0 Å². The number of hydrogen-bond donors (Lipinski definition) is 1. The monoisotopic (exact) mass is 327 g/mol. The zero-order valence-corrected chi connectivity index (χ0v) is 14.2. The highest BCUT2D eigenvalue weighted by atomic mass is 35.5. The molecule has 1 aliphatic carbocycles. The minimum absolute atomic E-state index is 0.206. The molecule has 2 aliphatic rings. The first-order valence-corrected chi connectivity index (χ1v) is 8.90. The average molecular weight is 328 g/mol. The number of benzene rings is 2. The van der Waals surface area contributed by atoms with Crippen LogP contribution < -0.4 is 0 Å². The van der Waals surface area contributed by atoms with Gasteiger partial charge in [0.15, 0.2) is 0 Å². The molecule has 2 atom stereocenters. The summed E-state index contributed by atoms with van der Waals surface area (Å²) in [5, 5.41) is 10.6. The first kappa shape index (κ1) is 15.0. The summed E-state index contributed by atoms with van der Waals surface area (Å²) in [5.74, 6) is 0.540. The highest BCUT2D eigenvalue weighted by molar-refractivity contribution is 6.32. The van der Waals surface area contributed by atoms with Gasteiger partial charge in [-0.1, -0.05) is 42.8 Å². The summed E-state index contributed by atoms with van der Waals surface area (Å²) in [6.45, 7) is 4.38. The molecule has 0 bridgehead atoms. The van der Waals surface area contributed by atoms with Crippen molar-refractivity contribution in [1.82, 2.24) is 4.90 Å². The number of nitrogens with zero attached hydrogens (tertiary/aromatic N) is 1. The molecule has 4 rings (SSSR count). The Hall–Kier alpha value is -1.51. The maximum atomic E-state index is 10.2. The van der Waals surface area contributed by atoms with E-state index in [0.717, 1.165) is 25.9 Å². The Morgan fingerprint density at radius 3 is 2.78 bits per heavy atom. The van der Waals surface area contributed by atoms with Gasteiger partial charge in [-0.2, -0.15) is 0 Å². The number of phenolic OH excluding ortho intramolecular Hbond substituents is 1. The molecule has 0 amide bonds. The van der Waals surface area contributed by atoms with Crippen molar-refractivity contribution in [1.29, 1.82) is 0 Å². The predicted molar refractivity (Wildman–Crippen MR) is 94.5 cm³/mol. The highest BCUT2D eigenvalue weighted by Gasteiger charge is 2.37. The van der Waals surface area contributed by atoms with Crippen molar-refractivity contribution in [2.24, 2.45) is 0 Å². The number of halogens is 1. The van der Waals surface area contributed by atoms with Crippen molar-refractivity contribution in [2.45, 2.75) is 38.1 Å². The highest BCUT2D eigenvalue weighted by Crippen LogP contribution is 2.44. The van der Waals surface area contributed by atoms with Crippen LogP contribution in [0.2, 0.25) is 5.02 Å². The van der Waals surface area contributed by atoms with Gasteiger partial charge < -0.3 is 5.11 Å². The fraction of sp³-hybridized carbons (Fsp3) is 0.400. The predicted octanol–water partition coefficient (Wildman–Crippen LogP) is 4.37. The Bertz CT molecular complexity index is 742. The fourth-order valence-electron chi connectivity index (χ4n) is 4.46. The molecule has 0 radical (unpaired) electrons. The molecule has 1 aliphatic heterocycles. The van der Waals surface area contributed by atoms with Crippen LogP contribution in [0.25, 0.3) is 0 Å². The summed E-state index contributed by atoms with van der Waals surface area (Å²) in [4.78, 5) is 2.60. The van der Waals surface area contributed by atoms with Gasteiger partial charge in [0.2, 0.25) is 0 Å². The summed E-state index contributed by atoms with van der Waals surface area (Å²) >= 11 is 6.18. The van der Waals surface area contributed by atoms with E-state index in [1.807, 2.05) is 12.1 Å². The molecular weight excluding hydrogens is 306 g/mol. The smallest absolute Gasteiger partial charge is 0.134 e. The van der Waals surface area contributed by atoms with E-state index in [1.54, 1.807) is 0 Å². The SMILES string of the molecule is CCN1CCc2cc(Cl)c(O)cc2[C@H]2c3ccccc3CC[C@@H]21. The van der Waals surface area contributed by atoms with E-state index in [0.29, 0.717) is 17.0 Å². The quantitative estimate of drug-likeness (QED) is 0.840. The van der Waals surface area contributed by atoms with Gasteiger partial charge in [-0.3, -0.25) is 4.90 Å². The van der Waals surface area contributed by atoms with Gasteiger partial charge in [0, 0.05) is 18.5 Å². The minimum Gasteiger partial charge on any atom is -0.506 e. The summed E-state index contributed by atoms with van der Waals surface area (Å²) in [5.41, 5.74) is 5.43. The van der Waals surface area contributed by atoms with Gasteiger partial charge in [0.05, 0.1) is 5.02 Å². The maximum Gasteiger partial charge on any atom is 0.134 e. The Morgan fingerprint density at radius 1 is 1.13 bits per heavy atom. The normalized spacial score (nSPS) is 23.6. The second kappa shape index (κ2) is 5.85. The van der Waals surface area contributed by atoms with E-state index < -0.39 is 0 Å². The number of fused-ring (bicyclic) bond motifs is 5. The molecule has 0 spiro atoms. The van der Waals surface area contributed by atoms with E-state index in [2.05, 4.69) is 36.1 Å². The summed E-state index contributed by atoms with van der Waals surface area (Å²) in [7, 11) is 0. The summed E-state index contributed by atoms with van der Waals surface area (Å²) in [6.07, 6.45) is 3.32. The largest absolute Gasteiger partial charge is 0.506 e. The van der Waals surface area contributed by atoms with Crippen LogP contribution in [0.1, 0.15) is 41.5 Å². The van der Waals surface area contributed by atoms with Gasteiger partial charge in [0.25, 0.3) is 0 Å². The second-order valence-corrected chi connectivity index (χ2v) is 7.07. The van der Waals surface area contributed by atoms with Gasteiger partial charge in [-0.25, -0.2) is 0 Å². The van der Waals surface area contributed by atoms with Gasteiger partial charge in [0.1, 0.15) is 5.75 Å². The Morgan fingerprint density at radius 2 is 1.96 bits per heavy atom. The maximum absolute atomic E-state index is 10.2. The van der Waals surface area contributed by atoms with Crippen molar-refractivity contribution in [3.8, 4) is 5.75 Å². The van der Waals surface area contributed by atoms with Crippen LogP contribution in [0, 0.1) is 0 Å². The molecule has 2 aromatic carbocycles. The Kier molecular flexibility index (Phi) is 3.82. The fourth-order valence-corrected chi connectivity index (χ4v) is 4.64. The average Bonchev–Trinajstić information content (AvgIpc) is 2.72. The first-order valence-electron chi connectivity index (χ1n) is 8.52. The Labute approximate surface area is 142 Å². The number of rotatable bonds is 1. The molecule has 1 N–H and O–H groups in total. The molecular formula is C20H22ClNO. The number of phenols is 1. The van der Waals surface area contributed by atoms with Crippen molar-refractivity contribution in [3.05, 3.63) is 63.7 Å². The van der Waals surface area contributed by atoms with Crippen LogP contribution in [-0.2, 0) is 12.8 Å². The lowest BCUT2D eigenvalue weighted by atomic mass is 9.74. The van der Waals surface area contributed by atoms with E-state index in [-0.39, 0.29) is 5.75 Å². The third-order valence-electron chi connectivity index (χ3n) is 5.57. The van der Waals surface area contributed by atoms with Crippen LogP contribution >= 0.6 is 11.6 Å².